The molecule has 0 aliphatic rings. The molecule has 6 aromatic rings. The van der Waals surface area contributed by atoms with Crippen molar-refractivity contribution in [2.45, 2.75) is 232 Å². The van der Waals surface area contributed by atoms with Crippen LogP contribution in [0.25, 0.3) is 54.9 Å². The molecule has 0 aliphatic carbocycles. The van der Waals surface area contributed by atoms with Gasteiger partial charge < -0.3 is 10.2 Å². The fraction of sp³-hybridized carbons (Fsp3) is 0.529. The van der Waals surface area contributed by atoms with Crippen LogP contribution < -0.4 is 0 Å². The van der Waals surface area contributed by atoms with Gasteiger partial charge in [-0.1, -0.05) is 304 Å². The number of phenols is 2. The van der Waals surface area contributed by atoms with Gasteiger partial charge in [-0.15, -0.1) is 0 Å². The number of aromatic hydroxyl groups is 2. The fourth-order valence-corrected chi connectivity index (χ4v) is 11.1. The third-order valence-corrected chi connectivity index (χ3v) is 15.4. The average molecular weight is 943 g/mol. The van der Waals surface area contributed by atoms with Crippen LogP contribution in [-0.2, 0) is 12.8 Å². The lowest BCUT2D eigenvalue weighted by molar-refractivity contribution is 0.472. The van der Waals surface area contributed by atoms with Crippen molar-refractivity contribution in [2.75, 3.05) is 0 Å². The Kier molecular flexibility index (Phi) is 25.4. The molecule has 6 aromatic carbocycles. The minimum Gasteiger partial charge on any atom is -0.507 e. The van der Waals surface area contributed by atoms with Crippen LogP contribution in [0.2, 0.25) is 0 Å². The first-order chi connectivity index (χ1) is 34.6. The number of phenolic OH excluding ortho intramolecular Hbond substituents is 2. The summed E-state index contributed by atoms with van der Waals surface area (Å²) in [5.74, 6) is 0.423. The Balaban J connectivity index is 1.09. The molecular weight excluding hydrogens is 849 g/mol. The van der Waals surface area contributed by atoms with Crippen molar-refractivity contribution in [2.24, 2.45) is 0 Å². The standard InChI is InChI=1S/C68H94O2/c1-3-5-7-9-11-13-15-17-19-21-23-25-27-29-31-35-41-55-47-49-61-59(51-55)53-63(57-43-37-33-38-44-57)67(69)65(61)66-62-50-48-56(52-60(62)54-64(68(66)70)58-45-39-34-40-46-58)42-36-32-30-28-26-24-22-20-18-16-14-12-10-8-6-4-2/h33-34,37-40,43-54,69-70H,3-32,35-36,41-42H2,1-2H3. The smallest absolute Gasteiger partial charge is 0.132 e. The zero-order valence-electron chi connectivity index (χ0n) is 44.3. The zero-order valence-corrected chi connectivity index (χ0v) is 44.3. The molecule has 0 spiro atoms. The Bertz CT molecular complexity index is 2170. The molecule has 2 N–H and O–H groups in total. The van der Waals surface area contributed by atoms with Crippen LogP contribution in [0, 0.1) is 0 Å². The number of aryl methyl sites for hydroxylation is 2. The van der Waals surface area contributed by atoms with E-state index in [0.29, 0.717) is 11.1 Å². The molecule has 2 heteroatoms. The van der Waals surface area contributed by atoms with Gasteiger partial charge in [-0.05, 0) is 81.6 Å². The average Bonchev–Trinajstić information content (AvgIpc) is 3.39. The molecule has 0 fully saturated rings. The van der Waals surface area contributed by atoms with Gasteiger partial charge in [0.1, 0.15) is 11.5 Å². The van der Waals surface area contributed by atoms with E-state index in [2.05, 4.69) is 86.6 Å². The molecule has 0 saturated heterocycles. The van der Waals surface area contributed by atoms with Gasteiger partial charge in [0.05, 0.1) is 0 Å². The molecule has 0 atom stereocenters. The Hall–Kier alpha value is -4.56. The summed E-state index contributed by atoms with van der Waals surface area (Å²) in [4.78, 5) is 0. The van der Waals surface area contributed by atoms with E-state index in [4.69, 9.17) is 0 Å². The predicted octanol–water partition coefficient (Wildman–Crippen LogP) is 22.0. The highest BCUT2D eigenvalue weighted by Gasteiger charge is 2.24. The second-order valence-electron chi connectivity index (χ2n) is 21.2. The third-order valence-electron chi connectivity index (χ3n) is 15.4. The molecule has 0 radical (unpaired) electrons. The minimum atomic E-state index is 0.211. The lowest BCUT2D eigenvalue weighted by Crippen LogP contribution is -1.94. The van der Waals surface area contributed by atoms with Crippen molar-refractivity contribution in [1.82, 2.24) is 0 Å². The van der Waals surface area contributed by atoms with Gasteiger partial charge in [0.25, 0.3) is 0 Å². The summed E-state index contributed by atoms with van der Waals surface area (Å²) in [6.45, 7) is 4.60. The van der Waals surface area contributed by atoms with Crippen LogP contribution >= 0.6 is 0 Å². The summed E-state index contributed by atoms with van der Waals surface area (Å²) < 4.78 is 0. The summed E-state index contributed by atoms with van der Waals surface area (Å²) >= 11 is 0. The topological polar surface area (TPSA) is 40.5 Å². The van der Waals surface area contributed by atoms with Gasteiger partial charge >= 0.3 is 0 Å². The molecule has 0 heterocycles. The van der Waals surface area contributed by atoms with Crippen molar-refractivity contribution in [3.63, 3.8) is 0 Å². The molecule has 6 rings (SSSR count). The fourth-order valence-electron chi connectivity index (χ4n) is 11.1. The van der Waals surface area contributed by atoms with Gasteiger partial charge in [0.15, 0.2) is 0 Å². The lowest BCUT2D eigenvalue weighted by atomic mass is 9.85. The number of hydrogen-bond acceptors (Lipinski definition) is 2. The molecule has 0 unspecified atom stereocenters. The lowest BCUT2D eigenvalue weighted by Gasteiger charge is -2.20. The predicted molar refractivity (Wildman–Crippen MR) is 308 cm³/mol. The van der Waals surface area contributed by atoms with E-state index in [9.17, 15) is 10.2 Å². The van der Waals surface area contributed by atoms with Crippen LogP contribution in [0.1, 0.15) is 230 Å². The quantitative estimate of drug-likeness (QED) is 0.0382. The Labute approximate surface area is 427 Å². The van der Waals surface area contributed by atoms with E-state index >= 15 is 0 Å². The maximum Gasteiger partial charge on any atom is 0.132 e. The SMILES string of the molecule is CCCCCCCCCCCCCCCCCCc1ccc2c(-c3c(O)c(-c4ccccc4)cc4cc(CCCCCCCCCCCCCCCCCC)ccc34)c(O)c(-c3ccccc3)cc2c1. The highest BCUT2D eigenvalue weighted by atomic mass is 16.3. The van der Waals surface area contributed by atoms with Crippen LogP contribution in [-0.4, -0.2) is 10.2 Å². The monoisotopic (exact) mass is 943 g/mol. The molecule has 2 nitrogen and oxygen atoms in total. The molecule has 0 saturated carbocycles. The van der Waals surface area contributed by atoms with E-state index in [0.717, 1.165) is 56.6 Å². The van der Waals surface area contributed by atoms with Crippen molar-refractivity contribution >= 4 is 21.5 Å². The van der Waals surface area contributed by atoms with Crippen molar-refractivity contribution < 1.29 is 10.2 Å². The normalized spacial score (nSPS) is 11.6. The number of hydrogen-bond donors (Lipinski definition) is 2. The van der Waals surface area contributed by atoms with Crippen LogP contribution in [0.3, 0.4) is 0 Å². The van der Waals surface area contributed by atoms with E-state index in [1.54, 1.807) is 0 Å². The largest absolute Gasteiger partial charge is 0.507 e. The highest BCUT2D eigenvalue weighted by molar-refractivity contribution is 6.14. The van der Waals surface area contributed by atoms with Gasteiger partial charge in [-0.25, -0.2) is 0 Å². The molecule has 0 aromatic heterocycles. The van der Waals surface area contributed by atoms with Gasteiger partial charge in [0.2, 0.25) is 0 Å². The van der Waals surface area contributed by atoms with Gasteiger partial charge in [-0.3, -0.25) is 0 Å². The van der Waals surface area contributed by atoms with Crippen molar-refractivity contribution in [3.8, 4) is 44.9 Å². The maximum absolute atomic E-state index is 12.5. The third kappa shape index (κ3) is 17.9. The van der Waals surface area contributed by atoms with Crippen molar-refractivity contribution in [1.29, 1.82) is 0 Å². The Morgan fingerprint density at radius 3 is 0.843 bits per heavy atom. The summed E-state index contributed by atoms with van der Waals surface area (Å²) in [5, 5.41) is 29.2. The second-order valence-corrected chi connectivity index (χ2v) is 21.2. The zero-order chi connectivity index (χ0) is 48.9. The summed E-state index contributed by atoms with van der Waals surface area (Å²) in [6.07, 6.45) is 46.1. The first kappa shape index (κ1) is 54.8. The van der Waals surface area contributed by atoms with E-state index in [1.807, 2.05) is 36.4 Å². The summed E-state index contributed by atoms with van der Waals surface area (Å²) in [7, 11) is 0. The first-order valence-corrected chi connectivity index (χ1v) is 29.3. The summed E-state index contributed by atoms with van der Waals surface area (Å²) in [6, 6.07) is 38.4. The van der Waals surface area contributed by atoms with Crippen LogP contribution in [0.5, 0.6) is 11.5 Å². The number of fused-ring (bicyclic) bond motifs is 2. The number of unbranched alkanes of at least 4 members (excludes halogenated alkanes) is 30. The van der Waals surface area contributed by atoms with E-state index < -0.39 is 0 Å². The Morgan fingerprint density at radius 1 is 0.286 bits per heavy atom. The number of rotatable bonds is 37. The maximum atomic E-state index is 12.5. The molecule has 0 amide bonds. The van der Waals surface area contributed by atoms with Gasteiger partial charge in [0, 0.05) is 22.3 Å². The van der Waals surface area contributed by atoms with E-state index in [1.165, 1.54) is 217 Å². The first-order valence-electron chi connectivity index (χ1n) is 29.3. The van der Waals surface area contributed by atoms with Crippen molar-refractivity contribution in [3.05, 3.63) is 120 Å². The molecular formula is C68H94O2. The molecule has 0 aliphatic heterocycles. The molecule has 378 valence electrons. The molecule has 0 bridgehead atoms. The summed E-state index contributed by atoms with van der Waals surface area (Å²) in [5.41, 5.74) is 7.60. The van der Waals surface area contributed by atoms with E-state index in [-0.39, 0.29) is 11.5 Å². The Morgan fingerprint density at radius 2 is 0.557 bits per heavy atom. The highest BCUT2D eigenvalue weighted by Crippen LogP contribution is 2.51. The van der Waals surface area contributed by atoms with Crippen LogP contribution in [0.4, 0.5) is 0 Å². The van der Waals surface area contributed by atoms with Gasteiger partial charge in [-0.2, -0.15) is 0 Å². The minimum absolute atomic E-state index is 0.211. The second kappa shape index (κ2) is 32.4. The number of benzene rings is 6. The van der Waals surface area contributed by atoms with Crippen LogP contribution in [0.15, 0.2) is 109 Å². The molecule has 70 heavy (non-hydrogen) atoms.